The third kappa shape index (κ3) is 4.74. The number of carbonyl (C=O) groups is 3. The van der Waals surface area contributed by atoms with Crippen molar-refractivity contribution in [3.63, 3.8) is 0 Å². The fourth-order valence-electron chi connectivity index (χ4n) is 2.78. The molecule has 9 heteroatoms. The molecule has 2 aromatic rings. The second-order valence-corrected chi connectivity index (χ2v) is 6.20. The van der Waals surface area contributed by atoms with Crippen LogP contribution in [0.1, 0.15) is 18.4 Å². The minimum absolute atomic E-state index is 0.0503. The highest BCUT2D eigenvalue weighted by molar-refractivity contribution is 6.15. The van der Waals surface area contributed by atoms with Crippen molar-refractivity contribution in [3.05, 3.63) is 36.0 Å². The van der Waals surface area contributed by atoms with E-state index in [2.05, 4.69) is 10.2 Å². The van der Waals surface area contributed by atoms with Gasteiger partial charge in [-0.2, -0.15) is 0 Å². The number of aromatic nitrogens is 1. The lowest BCUT2D eigenvalue weighted by Gasteiger charge is -2.18. The van der Waals surface area contributed by atoms with E-state index in [-0.39, 0.29) is 19.3 Å². The number of carbonyl (C=O) groups excluding carboxylic acids is 1. The normalized spacial score (nSPS) is 13.3. The molecule has 0 saturated carbocycles. The van der Waals surface area contributed by atoms with Crippen LogP contribution in [-0.2, 0) is 27.9 Å². The number of benzene rings is 1. The molecular formula is C17H20ClN3O5. The lowest BCUT2D eigenvalue weighted by molar-refractivity contribution is -0.142. The van der Waals surface area contributed by atoms with Crippen LogP contribution in [0.4, 0.5) is 0 Å². The van der Waals surface area contributed by atoms with Gasteiger partial charge in [-0.25, -0.2) is 9.63 Å². The van der Waals surface area contributed by atoms with Crippen molar-refractivity contribution in [3.8, 4) is 0 Å². The summed E-state index contributed by atoms with van der Waals surface area (Å²) in [5, 5.41) is 21.5. The van der Waals surface area contributed by atoms with E-state index in [0.717, 1.165) is 16.5 Å². The van der Waals surface area contributed by atoms with Gasteiger partial charge in [-0.15, -0.1) is 0 Å². The highest BCUT2D eigenvalue weighted by Crippen LogP contribution is 2.21. The number of carboxylic acids is 2. The van der Waals surface area contributed by atoms with E-state index in [1.165, 1.54) is 0 Å². The largest absolute Gasteiger partial charge is 0.481 e. The summed E-state index contributed by atoms with van der Waals surface area (Å²) in [5.41, 5.74) is 1.75. The van der Waals surface area contributed by atoms with E-state index < -0.39 is 29.9 Å². The van der Waals surface area contributed by atoms with Gasteiger partial charge in [0.2, 0.25) is 5.91 Å². The van der Waals surface area contributed by atoms with Gasteiger partial charge >= 0.3 is 11.9 Å². The molecular weight excluding hydrogens is 362 g/mol. The standard InChI is InChI=1S/C17H20ClN3O5/c1-21-9-10(11-4-2-3-5-14(11)21)8-13(17(25)26)19-16(24)12(20-18)6-7-15(22)23/h2-5,9,12-13,20H,6-8H2,1H3,(H,19,24)(H,22,23)(H,25,26)/t12-,13+/m0/s1. The summed E-state index contributed by atoms with van der Waals surface area (Å²) in [7, 11) is 1.86. The number of hydrogen-bond donors (Lipinski definition) is 4. The highest BCUT2D eigenvalue weighted by Gasteiger charge is 2.26. The summed E-state index contributed by atoms with van der Waals surface area (Å²) < 4.78 is 1.89. The predicted octanol–water partition coefficient (Wildman–Crippen LogP) is 1.27. The minimum atomic E-state index is -1.18. The molecule has 4 N–H and O–H groups in total. The van der Waals surface area contributed by atoms with Crippen LogP contribution in [0.15, 0.2) is 30.5 Å². The zero-order valence-electron chi connectivity index (χ0n) is 14.1. The van der Waals surface area contributed by atoms with E-state index in [1.54, 1.807) is 0 Å². The Hall–Kier alpha value is -2.58. The number of rotatable bonds is 9. The molecule has 0 saturated heterocycles. The van der Waals surface area contributed by atoms with E-state index in [9.17, 15) is 19.5 Å². The predicted molar refractivity (Wildman–Crippen MR) is 95.8 cm³/mol. The molecule has 8 nitrogen and oxygen atoms in total. The van der Waals surface area contributed by atoms with Crippen molar-refractivity contribution in [1.29, 1.82) is 0 Å². The molecule has 1 aromatic carbocycles. The van der Waals surface area contributed by atoms with Gasteiger partial charge in [0.15, 0.2) is 0 Å². The lowest BCUT2D eigenvalue weighted by atomic mass is 10.0. The zero-order valence-corrected chi connectivity index (χ0v) is 14.9. The molecule has 2 atom stereocenters. The maximum atomic E-state index is 12.2. The van der Waals surface area contributed by atoms with Crippen molar-refractivity contribution in [2.24, 2.45) is 7.05 Å². The molecule has 2 rings (SSSR count). The number of nitrogens with zero attached hydrogens (tertiary/aromatic N) is 1. The van der Waals surface area contributed by atoms with Crippen LogP contribution in [0, 0.1) is 0 Å². The summed E-state index contributed by atoms with van der Waals surface area (Å²) in [5.74, 6) is -2.91. The SMILES string of the molecule is Cn1cc(C[C@@H](NC(=O)[C@H](CCC(=O)O)NCl)C(=O)O)c2ccccc21. The Balaban J connectivity index is 2.14. The summed E-state index contributed by atoms with van der Waals surface area (Å²) in [6, 6.07) is 5.41. The van der Waals surface area contributed by atoms with Crippen LogP contribution in [0.2, 0.25) is 0 Å². The first-order valence-corrected chi connectivity index (χ1v) is 8.35. The molecule has 0 aliphatic heterocycles. The fourth-order valence-corrected chi connectivity index (χ4v) is 2.99. The third-order valence-corrected chi connectivity index (χ3v) is 4.38. The number of halogens is 1. The molecule has 0 unspecified atom stereocenters. The monoisotopic (exact) mass is 381 g/mol. The molecule has 0 spiro atoms. The number of hydrogen-bond acceptors (Lipinski definition) is 4. The number of aliphatic carboxylic acids is 2. The Morgan fingerprint density at radius 3 is 2.50 bits per heavy atom. The van der Waals surface area contributed by atoms with Crippen LogP contribution in [-0.4, -0.2) is 44.7 Å². The van der Waals surface area contributed by atoms with Crippen molar-refractivity contribution in [2.45, 2.75) is 31.3 Å². The average Bonchev–Trinajstić information content (AvgIpc) is 2.91. The zero-order chi connectivity index (χ0) is 19.3. The molecule has 0 fully saturated rings. The summed E-state index contributed by atoms with van der Waals surface area (Å²) in [6.07, 6.45) is 1.61. The van der Waals surface area contributed by atoms with Crippen LogP contribution in [0.5, 0.6) is 0 Å². The molecule has 140 valence electrons. The molecule has 0 aliphatic carbocycles. The molecule has 1 aromatic heterocycles. The number of fused-ring (bicyclic) bond motifs is 1. The van der Waals surface area contributed by atoms with Crippen molar-refractivity contribution in [1.82, 2.24) is 14.7 Å². The van der Waals surface area contributed by atoms with Gasteiger partial charge in [-0.05, 0) is 29.8 Å². The first-order valence-electron chi connectivity index (χ1n) is 7.97. The van der Waals surface area contributed by atoms with Gasteiger partial charge < -0.3 is 20.1 Å². The Bertz CT molecular complexity index is 820. The van der Waals surface area contributed by atoms with Crippen LogP contribution in [0.25, 0.3) is 10.9 Å². The number of nitrogens with one attached hydrogen (secondary N) is 2. The Morgan fingerprint density at radius 1 is 1.19 bits per heavy atom. The Labute approximate surface area is 154 Å². The van der Waals surface area contributed by atoms with Crippen LogP contribution in [0.3, 0.4) is 0 Å². The van der Waals surface area contributed by atoms with Crippen LogP contribution < -0.4 is 10.2 Å². The minimum Gasteiger partial charge on any atom is -0.481 e. The van der Waals surface area contributed by atoms with Gasteiger partial charge in [-0.1, -0.05) is 18.2 Å². The van der Waals surface area contributed by atoms with Crippen molar-refractivity contribution in [2.75, 3.05) is 0 Å². The molecule has 0 aliphatic rings. The van der Waals surface area contributed by atoms with Gasteiger partial charge in [0.05, 0.1) is 0 Å². The fraction of sp³-hybridized carbons (Fsp3) is 0.353. The van der Waals surface area contributed by atoms with Gasteiger partial charge in [0.25, 0.3) is 0 Å². The van der Waals surface area contributed by atoms with E-state index in [4.69, 9.17) is 16.9 Å². The Kier molecular flexibility index (Phi) is 6.59. The average molecular weight is 382 g/mol. The van der Waals surface area contributed by atoms with Crippen LogP contribution >= 0.6 is 11.8 Å². The van der Waals surface area contributed by atoms with E-state index in [0.29, 0.717) is 0 Å². The molecule has 1 heterocycles. The summed E-state index contributed by atoms with van der Waals surface area (Å²) in [4.78, 5) is 36.7. The lowest BCUT2D eigenvalue weighted by Crippen LogP contribution is -2.49. The molecule has 26 heavy (non-hydrogen) atoms. The van der Waals surface area contributed by atoms with Crippen molar-refractivity contribution >= 4 is 40.5 Å². The molecule has 0 bridgehead atoms. The number of para-hydroxylation sites is 1. The van der Waals surface area contributed by atoms with Gasteiger partial charge in [0, 0.05) is 37.0 Å². The number of amides is 1. The van der Waals surface area contributed by atoms with Gasteiger partial charge in [-0.3, -0.25) is 9.59 Å². The molecule has 0 radical (unpaired) electrons. The van der Waals surface area contributed by atoms with E-state index >= 15 is 0 Å². The summed E-state index contributed by atoms with van der Waals surface area (Å²) >= 11 is 5.50. The third-order valence-electron chi connectivity index (χ3n) is 4.11. The maximum absolute atomic E-state index is 12.2. The highest BCUT2D eigenvalue weighted by atomic mass is 35.5. The number of carboxylic acid groups (broad SMARTS) is 2. The first-order chi connectivity index (χ1) is 12.3. The molecule has 1 amide bonds. The van der Waals surface area contributed by atoms with Gasteiger partial charge in [0.1, 0.15) is 12.1 Å². The van der Waals surface area contributed by atoms with E-state index in [1.807, 2.05) is 42.1 Å². The second-order valence-electron chi connectivity index (χ2n) is 5.98. The van der Waals surface area contributed by atoms with Crippen molar-refractivity contribution < 1.29 is 24.6 Å². The first kappa shape index (κ1) is 19.7. The smallest absolute Gasteiger partial charge is 0.326 e. The maximum Gasteiger partial charge on any atom is 0.326 e. The number of aryl methyl sites for hydroxylation is 1. The quantitative estimate of drug-likeness (QED) is 0.485. The topological polar surface area (TPSA) is 121 Å². The Morgan fingerprint density at radius 2 is 1.88 bits per heavy atom. The second kappa shape index (κ2) is 8.68. The summed E-state index contributed by atoms with van der Waals surface area (Å²) in [6.45, 7) is 0.